The third kappa shape index (κ3) is 5.17. The van der Waals surface area contributed by atoms with Crippen LogP contribution in [0.3, 0.4) is 0 Å². The molecule has 3 rings (SSSR count). The number of nitrogens with zero attached hydrogens (tertiary/aromatic N) is 3. The van der Waals surface area contributed by atoms with Crippen LogP contribution in [0.15, 0.2) is 24.3 Å². The highest BCUT2D eigenvalue weighted by atomic mass is 16.5. The van der Waals surface area contributed by atoms with Crippen molar-refractivity contribution in [3.63, 3.8) is 0 Å². The van der Waals surface area contributed by atoms with Gasteiger partial charge in [-0.2, -0.15) is 0 Å². The molecule has 2 aliphatic heterocycles. The van der Waals surface area contributed by atoms with E-state index >= 15 is 0 Å². The number of anilines is 1. The van der Waals surface area contributed by atoms with Crippen molar-refractivity contribution in [2.75, 3.05) is 70.9 Å². The van der Waals surface area contributed by atoms with Crippen LogP contribution in [0.2, 0.25) is 0 Å². The van der Waals surface area contributed by atoms with Gasteiger partial charge in [-0.05, 0) is 24.3 Å². The normalized spacial score (nSPS) is 19.3. The number of ether oxygens (including phenoxy) is 1. The predicted octanol–water partition coefficient (Wildman–Crippen LogP) is 0.267. The zero-order chi connectivity index (χ0) is 18.4. The lowest BCUT2D eigenvalue weighted by Crippen LogP contribution is -2.51. The molecule has 0 aliphatic carbocycles. The number of nitrogens with two attached hydrogens (primary N) is 1. The Kier molecular flexibility index (Phi) is 6.43. The maximum absolute atomic E-state index is 12.4. The summed E-state index contributed by atoms with van der Waals surface area (Å²) in [4.78, 5) is 30.1. The molecule has 2 saturated heterocycles. The Labute approximate surface area is 153 Å². The lowest BCUT2D eigenvalue weighted by Gasteiger charge is -2.36. The molecule has 1 aromatic rings. The maximum atomic E-state index is 12.4. The third-order valence-electron chi connectivity index (χ3n) is 4.92. The molecular formula is C18H27N5O3. The van der Waals surface area contributed by atoms with Gasteiger partial charge in [0.1, 0.15) is 0 Å². The maximum Gasteiger partial charge on any atom is 0.321 e. The zero-order valence-corrected chi connectivity index (χ0v) is 15.0. The van der Waals surface area contributed by atoms with Gasteiger partial charge in [0.15, 0.2) is 0 Å². The summed E-state index contributed by atoms with van der Waals surface area (Å²) >= 11 is 0. The summed E-state index contributed by atoms with van der Waals surface area (Å²) < 4.78 is 5.37. The van der Waals surface area contributed by atoms with Crippen LogP contribution in [0.1, 0.15) is 10.4 Å². The summed E-state index contributed by atoms with van der Waals surface area (Å²) in [7, 11) is 0. The first-order valence-corrected chi connectivity index (χ1v) is 9.10. The van der Waals surface area contributed by atoms with Crippen molar-refractivity contribution in [3.05, 3.63) is 29.8 Å². The highest BCUT2D eigenvalue weighted by molar-refractivity contribution is 5.94. The van der Waals surface area contributed by atoms with Gasteiger partial charge in [-0.25, -0.2) is 4.79 Å². The second-order valence-electron chi connectivity index (χ2n) is 6.65. The van der Waals surface area contributed by atoms with Crippen LogP contribution in [-0.4, -0.2) is 92.2 Å². The van der Waals surface area contributed by atoms with Crippen LogP contribution in [0.5, 0.6) is 0 Å². The van der Waals surface area contributed by atoms with Gasteiger partial charge in [0.05, 0.1) is 13.2 Å². The van der Waals surface area contributed by atoms with Gasteiger partial charge >= 0.3 is 6.03 Å². The molecule has 0 saturated carbocycles. The molecule has 2 aliphatic rings. The van der Waals surface area contributed by atoms with Crippen LogP contribution in [0.25, 0.3) is 0 Å². The second kappa shape index (κ2) is 8.98. The summed E-state index contributed by atoms with van der Waals surface area (Å²) in [6, 6.07) is 6.50. The molecule has 3 N–H and O–H groups in total. The molecule has 0 atom stereocenters. The monoisotopic (exact) mass is 361 g/mol. The molecule has 0 bridgehead atoms. The van der Waals surface area contributed by atoms with E-state index in [9.17, 15) is 9.59 Å². The first kappa shape index (κ1) is 18.6. The second-order valence-corrected chi connectivity index (χ2v) is 6.65. The van der Waals surface area contributed by atoms with Crippen molar-refractivity contribution in [3.8, 4) is 0 Å². The molecule has 0 radical (unpaired) electrons. The third-order valence-corrected chi connectivity index (χ3v) is 4.92. The molecule has 142 valence electrons. The van der Waals surface area contributed by atoms with Crippen molar-refractivity contribution in [1.82, 2.24) is 14.7 Å². The van der Waals surface area contributed by atoms with Crippen molar-refractivity contribution in [2.45, 2.75) is 0 Å². The fraction of sp³-hybridized carbons (Fsp3) is 0.556. The Morgan fingerprint density at radius 2 is 1.50 bits per heavy atom. The number of urea groups is 1. The summed E-state index contributed by atoms with van der Waals surface area (Å²) in [5, 5.41) is 2.87. The van der Waals surface area contributed by atoms with Crippen LogP contribution >= 0.6 is 0 Å². The number of rotatable bonds is 5. The summed E-state index contributed by atoms with van der Waals surface area (Å²) in [5.74, 6) is -0.476. The van der Waals surface area contributed by atoms with Crippen molar-refractivity contribution < 1.29 is 14.3 Å². The average molecular weight is 361 g/mol. The Balaban J connectivity index is 1.39. The van der Waals surface area contributed by atoms with Crippen LogP contribution < -0.4 is 11.1 Å². The highest BCUT2D eigenvalue weighted by Gasteiger charge is 2.21. The number of hydrogen-bond donors (Lipinski definition) is 2. The van der Waals surface area contributed by atoms with Crippen molar-refractivity contribution in [2.24, 2.45) is 5.73 Å². The molecule has 8 nitrogen and oxygen atoms in total. The molecule has 0 spiro atoms. The molecule has 3 amide bonds. The number of morpholine rings is 1. The average Bonchev–Trinajstić information content (AvgIpc) is 2.68. The van der Waals surface area contributed by atoms with Crippen molar-refractivity contribution >= 4 is 17.6 Å². The summed E-state index contributed by atoms with van der Waals surface area (Å²) in [6.07, 6.45) is 0. The van der Waals surface area contributed by atoms with Crippen LogP contribution in [-0.2, 0) is 4.74 Å². The van der Waals surface area contributed by atoms with E-state index in [-0.39, 0.29) is 6.03 Å². The van der Waals surface area contributed by atoms with Crippen LogP contribution in [0.4, 0.5) is 10.5 Å². The van der Waals surface area contributed by atoms with E-state index in [1.54, 1.807) is 24.3 Å². The topological polar surface area (TPSA) is 91.1 Å². The fourth-order valence-corrected chi connectivity index (χ4v) is 3.20. The van der Waals surface area contributed by atoms with E-state index in [2.05, 4.69) is 15.1 Å². The Morgan fingerprint density at radius 1 is 0.923 bits per heavy atom. The quantitative estimate of drug-likeness (QED) is 0.785. The number of nitrogens with one attached hydrogen (secondary N) is 1. The SMILES string of the molecule is NC(=O)c1ccc(NC(=O)N2CCN(CCN3CCOCC3)CC2)cc1. The van der Waals surface area contributed by atoms with Crippen molar-refractivity contribution in [1.29, 1.82) is 0 Å². The van der Waals surface area contributed by atoms with Gasteiger partial charge in [-0.15, -0.1) is 0 Å². The van der Waals surface area contributed by atoms with E-state index in [0.29, 0.717) is 24.3 Å². The van der Waals surface area contributed by atoms with E-state index < -0.39 is 5.91 Å². The Hall–Kier alpha value is -2.16. The number of primary amides is 1. The number of benzene rings is 1. The lowest BCUT2D eigenvalue weighted by atomic mass is 10.2. The van der Waals surface area contributed by atoms with E-state index in [1.165, 1.54) is 0 Å². The van der Waals surface area contributed by atoms with Gasteiger partial charge in [-0.1, -0.05) is 0 Å². The number of carbonyl (C=O) groups excluding carboxylic acids is 2. The minimum absolute atomic E-state index is 0.107. The molecule has 0 unspecified atom stereocenters. The minimum Gasteiger partial charge on any atom is -0.379 e. The summed E-state index contributed by atoms with van der Waals surface area (Å²) in [5.41, 5.74) is 6.31. The fourth-order valence-electron chi connectivity index (χ4n) is 3.20. The Morgan fingerprint density at radius 3 is 2.08 bits per heavy atom. The van der Waals surface area contributed by atoms with Crippen LogP contribution in [0, 0.1) is 0 Å². The highest BCUT2D eigenvalue weighted by Crippen LogP contribution is 2.11. The molecule has 2 heterocycles. The molecule has 8 heteroatoms. The van der Waals surface area contributed by atoms with Gasteiger partial charge in [0.2, 0.25) is 5.91 Å². The number of carbonyl (C=O) groups is 2. The summed E-state index contributed by atoms with van der Waals surface area (Å²) in [6.45, 7) is 8.97. The molecule has 0 aromatic heterocycles. The largest absolute Gasteiger partial charge is 0.379 e. The minimum atomic E-state index is -0.476. The predicted molar refractivity (Wildman–Crippen MR) is 99.3 cm³/mol. The van der Waals surface area contributed by atoms with E-state index in [0.717, 1.165) is 52.5 Å². The molecule has 2 fully saturated rings. The zero-order valence-electron chi connectivity index (χ0n) is 15.0. The molecule has 1 aromatic carbocycles. The van der Waals surface area contributed by atoms with E-state index in [4.69, 9.17) is 10.5 Å². The first-order chi connectivity index (χ1) is 12.6. The van der Waals surface area contributed by atoms with Gasteiger partial charge in [0.25, 0.3) is 0 Å². The number of piperazine rings is 1. The number of hydrogen-bond acceptors (Lipinski definition) is 5. The molecule has 26 heavy (non-hydrogen) atoms. The van der Waals surface area contributed by atoms with E-state index in [1.807, 2.05) is 4.90 Å². The standard InChI is InChI=1S/C18H27N5O3/c19-17(24)15-1-3-16(4-2-15)20-18(25)23-9-7-21(8-10-23)5-6-22-11-13-26-14-12-22/h1-4H,5-14H2,(H2,19,24)(H,20,25). The number of amides is 3. The first-order valence-electron chi connectivity index (χ1n) is 9.10. The Bertz CT molecular complexity index is 608. The molecular weight excluding hydrogens is 334 g/mol. The van der Waals surface area contributed by atoms with Gasteiger partial charge in [-0.3, -0.25) is 14.6 Å². The lowest BCUT2D eigenvalue weighted by molar-refractivity contribution is 0.0311. The van der Waals surface area contributed by atoms with Gasteiger partial charge in [0, 0.05) is 63.6 Å². The smallest absolute Gasteiger partial charge is 0.321 e. The van der Waals surface area contributed by atoms with Gasteiger partial charge < -0.3 is 20.7 Å².